The number of carbonyl (C=O) groups excluding carboxylic acids is 2. The molecule has 1 aromatic carbocycles. The lowest BCUT2D eigenvalue weighted by molar-refractivity contribution is -0.149. The average Bonchev–Trinajstić information content (AvgIpc) is 2.46. The van der Waals surface area contributed by atoms with E-state index in [-0.39, 0.29) is 11.3 Å². The van der Waals surface area contributed by atoms with Crippen molar-refractivity contribution in [2.75, 3.05) is 20.8 Å². The Bertz CT molecular complexity index is 532. The third-order valence-electron chi connectivity index (χ3n) is 2.41. The number of ketones is 1. The first-order valence-corrected chi connectivity index (χ1v) is 5.87. The molecule has 0 radical (unpaired) electrons. The molecule has 6 nitrogen and oxygen atoms in total. The number of carbonyl (C=O) groups is 2. The lowest BCUT2D eigenvalue weighted by Crippen LogP contribution is -2.13. The molecule has 1 rings (SSSR count). The zero-order valence-corrected chi connectivity index (χ0v) is 11.5. The first-order chi connectivity index (χ1) is 9.53. The summed E-state index contributed by atoms with van der Waals surface area (Å²) in [5, 5.41) is 9.88. The van der Waals surface area contributed by atoms with Gasteiger partial charge in [0, 0.05) is 12.1 Å². The van der Waals surface area contributed by atoms with Crippen molar-refractivity contribution in [3.63, 3.8) is 0 Å². The molecule has 0 amide bonds. The normalized spacial score (nSPS) is 10.8. The second-order valence-corrected chi connectivity index (χ2v) is 3.68. The summed E-state index contributed by atoms with van der Waals surface area (Å²) in [7, 11) is 2.51. The monoisotopic (exact) mass is 280 g/mol. The molecule has 0 aliphatic carbocycles. The van der Waals surface area contributed by atoms with Gasteiger partial charge in [0.1, 0.15) is 17.3 Å². The fourth-order valence-electron chi connectivity index (χ4n) is 1.50. The minimum atomic E-state index is -1.05. The zero-order valence-electron chi connectivity index (χ0n) is 11.5. The van der Waals surface area contributed by atoms with Crippen molar-refractivity contribution in [3.8, 4) is 11.5 Å². The van der Waals surface area contributed by atoms with Crippen LogP contribution in [0.15, 0.2) is 24.3 Å². The third kappa shape index (κ3) is 3.74. The Labute approximate surface area is 116 Å². The van der Waals surface area contributed by atoms with Gasteiger partial charge in [0.2, 0.25) is 0 Å². The minimum Gasteiger partial charge on any atom is -0.507 e. The van der Waals surface area contributed by atoms with Crippen LogP contribution in [0.4, 0.5) is 0 Å². The van der Waals surface area contributed by atoms with E-state index in [1.807, 2.05) is 6.92 Å². The third-order valence-corrected chi connectivity index (χ3v) is 2.41. The van der Waals surface area contributed by atoms with Crippen LogP contribution in [0.3, 0.4) is 0 Å². The fraction of sp³-hybridized carbons (Fsp3) is 0.286. The maximum atomic E-state index is 11.4. The summed E-state index contributed by atoms with van der Waals surface area (Å²) in [5.41, 5.74) is 0.271. The van der Waals surface area contributed by atoms with Crippen LogP contribution >= 0.6 is 0 Å². The van der Waals surface area contributed by atoms with Crippen molar-refractivity contribution in [2.24, 2.45) is 0 Å². The molecular weight excluding hydrogens is 264 g/mol. The summed E-state index contributed by atoms with van der Waals surface area (Å²) in [6.45, 7) is 2.33. The van der Waals surface area contributed by atoms with Crippen LogP contribution in [0.25, 0.3) is 5.76 Å². The number of methoxy groups -OCH3 is 2. The molecule has 0 atom stereocenters. The number of esters is 1. The van der Waals surface area contributed by atoms with Crippen LogP contribution in [0.5, 0.6) is 11.5 Å². The highest BCUT2D eigenvalue weighted by Crippen LogP contribution is 2.29. The van der Waals surface area contributed by atoms with E-state index in [0.717, 1.165) is 13.2 Å². The van der Waals surface area contributed by atoms with Gasteiger partial charge in [0.05, 0.1) is 26.4 Å². The summed E-state index contributed by atoms with van der Waals surface area (Å²) in [4.78, 5) is 22.3. The topological polar surface area (TPSA) is 82.1 Å². The quantitative estimate of drug-likeness (QED) is 0.370. The summed E-state index contributed by atoms with van der Waals surface area (Å²) >= 11 is 0. The molecule has 0 heterocycles. The smallest absolute Gasteiger partial charge is 0.378 e. The van der Waals surface area contributed by atoms with E-state index in [4.69, 9.17) is 9.47 Å². The summed E-state index contributed by atoms with van der Waals surface area (Å²) in [5.74, 6) is -1.51. The largest absolute Gasteiger partial charge is 0.507 e. The maximum absolute atomic E-state index is 11.4. The van der Waals surface area contributed by atoms with E-state index < -0.39 is 11.8 Å². The van der Waals surface area contributed by atoms with Gasteiger partial charge in [-0.2, -0.15) is 0 Å². The first kappa shape index (κ1) is 15.6. The molecule has 20 heavy (non-hydrogen) atoms. The Morgan fingerprint density at radius 2 is 2.00 bits per heavy atom. The van der Waals surface area contributed by atoms with Crippen molar-refractivity contribution in [1.82, 2.24) is 0 Å². The molecule has 6 heteroatoms. The summed E-state index contributed by atoms with van der Waals surface area (Å²) in [6.07, 6.45) is 0.782. The van der Waals surface area contributed by atoms with Gasteiger partial charge < -0.3 is 19.3 Å². The van der Waals surface area contributed by atoms with Gasteiger partial charge in [-0.1, -0.05) is 0 Å². The lowest BCUT2D eigenvalue weighted by atomic mass is 10.1. The van der Waals surface area contributed by atoms with E-state index >= 15 is 0 Å². The summed E-state index contributed by atoms with van der Waals surface area (Å²) in [6, 6.07) is 4.72. The summed E-state index contributed by atoms with van der Waals surface area (Å²) < 4.78 is 14.7. The second kappa shape index (κ2) is 7.18. The van der Waals surface area contributed by atoms with E-state index in [1.54, 1.807) is 12.1 Å². The fourth-order valence-corrected chi connectivity index (χ4v) is 1.50. The number of aliphatic hydroxyl groups excluding tert-OH is 1. The van der Waals surface area contributed by atoms with Gasteiger partial charge in [-0.25, -0.2) is 4.79 Å². The predicted molar refractivity (Wildman–Crippen MR) is 71.8 cm³/mol. The van der Waals surface area contributed by atoms with Crippen LogP contribution in [0, 0.1) is 0 Å². The number of benzene rings is 1. The number of aliphatic hydroxyl groups is 1. The van der Waals surface area contributed by atoms with E-state index in [0.29, 0.717) is 18.1 Å². The Kier molecular flexibility index (Phi) is 5.58. The Balaban J connectivity index is 3.09. The zero-order chi connectivity index (χ0) is 15.1. The second-order valence-electron chi connectivity index (χ2n) is 3.68. The van der Waals surface area contributed by atoms with Crippen molar-refractivity contribution >= 4 is 17.5 Å². The Morgan fingerprint density at radius 1 is 1.30 bits per heavy atom. The number of rotatable bonds is 6. The molecular formula is C14H16O6. The van der Waals surface area contributed by atoms with Gasteiger partial charge in [0.25, 0.3) is 5.78 Å². The molecule has 0 spiro atoms. The molecule has 0 fully saturated rings. The molecule has 0 saturated carbocycles. The Hall–Kier alpha value is -2.50. The van der Waals surface area contributed by atoms with E-state index in [2.05, 4.69) is 4.74 Å². The van der Waals surface area contributed by atoms with Crippen LogP contribution in [-0.4, -0.2) is 37.7 Å². The van der Waals surface area contributed by atoms with Crippen LogP contribution < -0.4 is 9.47 Å². The molecule has 0 aromatic heterocycles. The van der Waals surface area contributed by atoms with Crippen molar-refractivity contribution in [1.29, 1.82) is 0 Å². The average molecular weight is 280 g/mol. The molecule has 0 bridgehead atoms. The van der Waals surface area contributed by atoms with Gasteiger partial charge in [-0.15, -0.1) is 0 Å². The standard InChI is InChI=1S/C14H16O6/c1-4-20-9-5-6-10(13(7-9)18-2)11(15)8-12(16)14(17)19-3/h5-8,15H,4H2,1-3H3/b11-8-. The number of ether oxygens (including phenoxy) is 3. The van der Waals surface area contributed by atoms with E-state index in [1.165, 1.54) is 13.2 Å². The maximum Gasteiger partial charge on any atom is 0.378 e. The SMILES string of the molecule is CCOc1ccc(/C(O)=C/C(=O)C(=O)OC)c(OC)c1. The van der Waals surface area contributed by atoms with Crippen LogP contribution in [0.2, 0.25) is 0 Å². The predicted octanol–water partition coefficient (Wildman–Crippen LogP) is 1.73. The minimum absolute atomic E-state index is 0.271. The van der Waals surface area contributed by atoms with E-state index in [9.17, 15) is 14.7 Å². The van der Waals surface area contributed by atoms with Gasteiger partial charge in [-0.3, -0.25) is 4.79 Å². The number of hydrogen-bond donors (Lipinski definition) is 1. The van der Waals surface area contributed by atoms with Crippen molar-refractivity contribution in [2.45, 2.75) is 6.92 Å². The van der Waals surface area contributed by atoms with Crippen LogP contribution in [0.1, 0.15) is 12.5 Å². The van der Waals surface area contributed by atoms with Crippen molar-refractivity contribution in [3.05, 3.63) is 29.8 Å². The highest BCUT2D eigenvalue weighted by Gasteiger charge is 2.15. The highest BCUT2D eigenvalue weighted by molar-refractivity contribution is 6.39. The van der Waals surface area contributed by atoms with Gasteiger partial charge in [0.15, 0.2) is 0 Å². The molecule has 1 aromatic rings. The molecule has 0 aliphatic rings. The number of hydrogen-bond acceptors (Lipinski definition) is 6. The molecule has 0 aliphatic heterocycles. The molecule has 1 N–H and O–H groups in total. The molecule has 0 saturated heterocycles. The van der Waals surface area contributed by atoms with Crippen LogP contribution in [-0.2, 0) is 14.3 Å². The van der Waals surface area contributed by atoms with Gasteiger partial charge in [-0.05, 0) is 19.1 Å². The highest BCUT2D eigenvalue weighted by atomic mass is 16.5. The molecule has 0 unspecified atom stereocenters. The Morgan fingerprint density at radius 3 is 2.55 bits per heavy atom. The van der Waals surface area contributed by atoms with Crippen molar-refractivity contribution < 1.29 is 28.9 Å². The first-order valence-electron chi connectivity index (χ1n) is 5.87. The molecule has 108 valence electrons. The lowest BCUT2D eigenvalue weighted by Gasteiger charge is -2.10. The van der Waals surface area contributed by atoms with Gasteiger partial charge >= 0.3 is 5.97 Å².